The van der Waals surface area contributed by atoms with Gasteiger partial charge in [-0.15, -0.1) is 0 Å². The summed E-state index contributed by atoms with van der Waals surface area (Å²) >= 11 is 0. The predicted molar refractivity (Wildman–Crippen MR) is 72.7 cm³/mol. The third-order valence-electron chi connectivity index (χ3n) is 2.35. The molecule has 0 heterocycles. The Morgan fingerprint density at radius 3 is 2.74 bits per heavy atom. The Hall–Kier alpha value is -2.28. The van der Waals surface area contributed by atoms with Crippen molar-refractivity contribution in [3.63, 3.8) is 0 Å². The molecular weight excluding hydrogens is 248 g/mol. The second-order valence-electron chi connectivity index (χ2n) is 3.83. The lowest BCUT2D eigenvalue weighted by molar-refractivity contribution is -0.122. The van der Waals surface area contributed by atoms with Crippen molar-refractivity contribution in [2.75, 3.05) is 37.9 Å². The number of nitrogen functional groups attached to an aromatic ring is 1. The van der Waals surface area contributed by atoms with Crippen LogP contribution in [0, 0.1) is 0 Å². The molecule has 0 saturated heterocycles. The Morgan fingerprint density at radius 2 is 2.11 bits per heavy atom. The second-order valence-corrected chi connectivity index (χ2v) is 3.83. The van der Waals surface area contributed by atoms with Crippen LogP contribution in [0.15, 0.2) is 18.2 Å². The molecule has 104 valence electrons. The van der Waals surface area contributed by atoms with Gasteiger partial charge in [0.05, 0.1) is 18.0 Å². The van der Waals surface area contributed by atoms with E-state index in [1.165, 1.54) is 0 Å². The van der Waals surface area contributed by atoms with Gasteiger partial charge in [-0.3, -0.25) is 9.59 Å². The largest absolute Gasteiger partial charge is 0.397 e. The number of hydrogen-bond acceptors (Lipinski definition) is 5. The first-order valence-corrected chi connectivity index (χ1v) is 5.76. The molecule has 0 saturated carbocycles. The molecule has 0 fully saturated rings. The molecule has 2 amide bonds. The Balaban J connectivity index is 2.52. The van der Waals surface area contributed by atoms with E-state index in [4.69, 9.17) is 16.2 Å². The van der Waals surface area contributed by atoms with Crippen molar-refractivity contribution < 1.29 is 14.3 Å². The average molecular weight is 266 g/mol. The van der Waals surface area contributed by atoms with E-state index < -0.39 is 5.91 Å². The molecule has 0 spiro atoms. The van der Waals surface area contributed by atoms with E-state index in [0.29, 0.717) is 30.1 Å². The molecule has 0 aliphatic heterocycles. The van der Waals surface area contributed by atoms with Crippen molar-refractivity contribution in [3.8, 4) is 0 Å². The number of carbonyl (C=O) groups excluding carboxylic acids is 2. The molecule has 7 heteroatoms. The molecule has 6 N–H and O–H groups in total. The van der Waals surface area contributed by atoms with Gasteiger partial charge >= 0.3 is 0 Å². The summed E-state index contributed by atoms with van der Waals surface area (Å²) < 4.78 is 5.00. The van der Waals surface area contributed by atoms with Crippen molar-refractivity contribution in [3.05, 3.63) is 23.8 Å². The standard InChI is InChI=1S/C12H18N4O3/c1-15-12(18)8-2-3-9(13)10(6-8)16-4-5-19-7-11(14)17/h2-3,6,16H,4-5,7,13H2,1H3,(H2,14,17)(H,15,18). The summed E-state index contributed by atoms with van der Waals surface area (Å²) in [6, 6.07) is 4.95. The molecule has 0 unspecified atom stereocenters. The van der Waals surface area contributed by atoms with Crippen molar-refractivity contribution in [2.45, 2.75) is 0 Å². The van der Waals surface area contributed by atoms with E-state index in [0.717, 1.165) is 0 Å². The molecule has 0 aliphatic rings. The van der Waals surface area contributed by atoms with Crippen LogP contribution in [0.25, 0.3) is 0 Å². The minimum absolute atomic E-state index is 0.116. The monoisotopic (exact) mass is 266 g/mol. The van der Waals surface area contributed by atoms with Gasteiger partial charge in [0.1, 0.15) is 6.61 Å². The summed E-state index contributed by atoms with van der Waals surface area (Å²) in [6.07, 6.45) is 0. The Kier molecular flexibility index (Phi) is 5.62. The molecule has 1 aromatic rings. The topological polar surface area (TPSA) is 119 Å². The van der Waals surface area contributed by atoms with Crippen LogP contribution >= 0.6 is 0 Å². The summed E-state index contributed by atoms with van der Waals surface area (Å²) in [5, 5.41) is 5.56. The highest BCUT2D eigenvalue weighted by molar-refractivity contribution is 5.96. The lowest BCUT2D eigenvalue weighted by Gasteiger charge is -2.11. The van der Waals surface area contributed by atoms with Crippen LogP contribution in [-0.4, -0.2) is 38.6 Å². The highest BCUT2D eigenvalue weighted by Crippen LogP contribution is 2.19. The average Bonchev–Trinajstić information content (AvgIpc) is 2.39. The van der Waals surface area contributed by atoms with Gasteiger partial charge in [-0.1, -0.05) is 0 Å². The zero-order chi connectivity index (χ0) is 14.3. The van der Waals surface area contributed by atoms with Crippen LogP contribution < -0.4 is 22.1 Å². The van der Waals surface area contributed by atoms with Crippen LogP contribution in [0.1, 0.15) is 10.4 Å². The lowest BCUT2D eigenvalue weighted by atomic mass is 10.1. The summed E-state index contributed by atoms with van der Waals surface area (Å²) in [4.78, 5) is 21.9. The Morgan fingerprint density at radius 1 is 1.37 bits per heavy atom. The number of hydrogen-bond donors (Lipinski definition) is 4. The van der Waals surface area contributed by atoms with Gasteiger partial charge in [0.15, 0.2) is 0 Å². The fraction of sp³-hybridized carbons (Fsp3) is 0.333. The number of nitrogens with two attached hydrogens (primary N) is 2. The highest BCUT2D eigenvalue weighted by atomic mass is 16.5. The van der Waals surface area contributed by atoms with Crippen LogP contribution in [0.4, 0.5) is 11.4 Å². The fourth-order valence-electron chi connectivity index (χ4n) is 1.43. The minimum atomic E-state index is -0.513. The normalized spacial score (nSPS) is 9.95. The van der Waals surface area contributed by atoms with E-state index in [1.807, 2.05) is 0 Å². The van der Waals surface area contributed by atoms with Crippen LogP contribution in [0.3, 0.4) is 0 Å². The first-order valence-electron chi connectivity index (χ1n) is 5.76. The predicted octanol–water partition coefficient (Wildman–Crippen LogP) is -0.458. The number of amides is 2. The number of ether oxygens (including phenoxy) is 1. The Labute approximate surface area is 111 Å². The van der Waals surface area contributed by atoms with Crippen LogP contribution in [0.5, 0.6) is 0 Å². The van der Waals surface area contributed by atoms with Crippen LogP contribution in [-0.2, 0) is 9.53 Å². The van der Waals surface area contributed by atoms with Gasteiger partial charge in [-0.25, -0.2) is 0 Å². The molecule has 0 aromatic heterocycles. The summed E-state index contributed by atoms with van der Waals surface area (Å²) in [5.41, 5.74) is 12.4. The SMILES string of the molecule is CNC(=O)c1ccc(N)c(NCCOCC(N)=O)c1. The van der Waals surface area contributed by atoms with Crippen molar-refractivity contribution >= 4 is 23.2 Å². The summed E-state index contributed by atoms with van der Waals surface area (Å²) in [5.74, 6) is -0.700. The third kappa shape index (κ3) is 4.84. The summed E-state index contributed by atoms with van der Waals surface area (Å²) in [6.45, 7) is 0.650. The Bertz CT molecular complexity index is 462. The molecule has 0 aliphatic carbocycles. The molecule has 0 bridgehead atoms. The van der Waals surface area contributed by atoms with Crippen molar-refractivity contribution in [2.24, 2.45) is 5.73 Å². The number of anilines is 2. The van der Waals surface area contributed by atoms with Gasteiger partial charge in [0.2, 0.25) is 5.91 Å². The molecule has 7 nitrogen and oxygen atoms in total. The summed E-state index contributed by atoms with van der Waals surface area (Å²) in [7, 11) is 1.56. The van der Waals surface area contributed by atoms with Gasteiger partial charge in [-0.2, -0.15) is 0 Å². The molecule has 1 aromatic carbocycles. The van der Waals surface area contributed by atoms with E-state index in [1.54, 1.807) is 25.2 Å². The van der Waals surface area contributed by atoms with E-state index in [2.05, 4.69) is 10.6 Å². The second kappa shape index (κ2) is 7.22. The maximum Gasteiger partial charge on any atom is 0.251 e. The number of primary amides is 1. The zero-order valence-corrected chi connectivity index (χ0v) is 10.7. The zero-order valence-electron chi connectivity index (χ0n) is 10.7. The number of benzene rings is 1. The van der Waals surface area contributed by atoms with Gasteiger partial charge in [0.25, 0.3) is 5.91 Å². The van der Waals surface area contributed by atoms with E-state index >= 15 is 0 Å². The molecule has 1 rings (SSSR count). The maximum atomic E-state index is 11.5. The molecule has 0 atom stereocenters. The maximum absolute atomic E-state index is 11.5. The molecule has 0 radical (unpaired) electrons. The van der Waals surface area contributed by atoms with Gasteiger partial charge < -0.3 is 26.8 Å². The molecule has 19 heavy (non-hydrogen) atoms. The fourth-order valence-corrected chi connectivity index (χ4v) is 1.43. The number of nitrogens with one attached hydrogen (secondary N) is 2. The van der Waals surface area contributed by atoms with E-state index in [-0.39, 0.29) is 12.5 Å². The van der Waals surface area contributed by atoms with E-state index in [9.17, 15) is 9.59 Å². The number of rotatable bonds is 7. The van der Waals surface area contributed by atoms with Crippen molar-refractivity contribution in [1.29, 1.82) is 0 Å². The van der Waals surface area contributed by atoms with Crippen molar-refractivity contribution in [1.82, 2.24) is 5.32 Å². The third-order valence-corrected chi connectivity index (χ3v) is 2.35. The molecular formula is C12H18N4O3. The van der Waals surface area contributed by atoms with Gasteiger partial charge in [-0.05, 0) is 18.2 Å². The highest BCUT2D eigenvalue weighted by Gasteiger charge is 2.06. The smallest absolute Gasteiger partial charge is 0.251 e. The lowest BCUT2D eigenvalue weighted by Crippen LogP contribution is -2.21. The minimum Gasteiger partial charge on any atom is -0.397 e. The number of carbonyl (C=O) groups is 2. The quantitative estimate of drug-likeness (QED) is 0.393. The van der Waals surface area contributed by atoms with Crippen LogP contribution in [0.2, 0.25) is 0 Å². The first-order chi connectivity index (χ1) is 9.04. The first kappa shape index (κ1) is 14.8. The van der Waals surface area contributed by atoms with Gasteiger partial charge in [0, 0.05) is 19.2 Å².